The number of methoxy groups -OCH3 is 1. The van der Waals surface area contributed by atoms with E-state index < -0.39 is 5.97 Å². The lowest BCUT2D eigenvalue weighted by atomic mass is 10.2. The molecule has 1 aromatic rings. The van der Waals surface area contributed by atoms with E-state index in [0.717, 1.165) is 0 Å². The van der Waals surface area contributed by atoms with Crippen molar-refractivity contribution in [2.75, 3.05) is 13.9 Å². The minimum atomic E-state index is -1.11. The third-order valence-corrected chi connectivity index (χ3v) is 2.13. The Morgan fingerprint density at radius 1 is 1.44 bits per heavy atom. The molecule has 16 heavy (non-hydrogen) atoms. The Morgan fingerprint density at radius 2 is 2.19 bits per heavy atom. The topological polar surface area (TPSA) is 65.0 Å². The Morgan fingerprint density at radius 3 is 2.88 bits per heavy atom. The van der Waals surface area contributed by atoms with E-state index in [1.165, 1.54) is 13.2 Å². The molecule has 2 rings (SSSR count). The Bertz CT molecular complexity index is 450. The summed E-state index contributed by atoms with van der Waals surface area (Å²) in [6, 6.07) is 5.16. The molecule has 84 valence electrons. The molecular formula is C11H10O5. The van der Waals surface area contributed by atoms with Crippen LogP contribution in [0.4, 0.5) is 0 Å². The Kier molecular flexibility index (Phi) is 2.68. The lowest BCUT2D eigenvalue weighted by Crippen LogP contribution is -2.01. The molecule has 0 saturated heterocycles. The summed E-state index contributed by atoms with van der Waals surface area (Å²) in [7, 11) is 1.31. The van der Waals surface area contributed by atoms with Crippen LogP contribution in [0, 0.1) is 0 Å². The van der Waals surface area contributed by atoms with Gasteiger partial charge in [-0.2, -0.15) is 0 Å². The van der Waals surface area contributed by atoms with Gasteiger partial charge in [-0.05, 0) is 23.8 Å². The van der Waals surface area contributed by atoms with Gasteiger partial charge in [-0.3, -0.25) is 0 Å². The van der Waals surface area contributed by atoms with Crippen LogP contribution in [-0.4, -0.2) is 25.0 Å². The van der Waals surface area contributed by atoms with Gasteiger partial charge >= 0.3 is 5.97 Å². The molecule has 0 aliphatic carbocycles. The molecule has 0 saturated carbocycles. The van der Waals surface area contributed by atoms with E-state index in [9.17, 15) is 4.79 Å². The van der Waals surface area contributed by atoms with Gasteiger partial charge in [0.15, 0.2) is 11.5 Å². The van der Waals surface area contributed by atoms with E-state index in [0.29, 0.717) is 17.1 Å². The van der Waals surface area contributed by atoms with E-state index in [2.05, 4.69) is 0 Å². The number of carboxylic acids is 1. The van der Waals surface area contributed by atoms with Crippen LogP contribution < -0.4 is 9.47 Å². The van der Waals surface area contributed by atoms with Crippen molar-refractivity contribution in [3.63, 3.8) is 0 Å². The first-order chi connectivity index (χ1) is 7.70. The summed E-state index contributed by atoms with van der Waals surface area (Å²) in [5.74, 6) is 0.0278. The molecule has 0 radical (unpaired) electrons. The molecule has 1 heterocycles. The maximum Gasteiger partial charge on any atom is 0.371 e. The van der Waals surface area contributed by atoms with E-state index in [1.807, 2.05) is 0 Å². The van der Waals surface area contributed by atoms with Crippen LogP contribution in [0.2, 0.25) is 0 Å². The number of benzene rings is 1. The normalized spacial score (nSPS) is 13.7. The number of ether oxygens (including phenoxy) is 3. The number of aliphatic carboxylic acids is 1. The highest BCUT2D eigenvalue weighted by molar-refractivity contribution is 5.89. The Balaban J connectivity index is 2.31. The fourth-order valence-electron chi connectivity index (χ4n) is 1.36. The largest absolute Gasteiger partial charge is 0.490 e. The second-order valence-electron chi connectivity index (χ2n) is 3.13. The molecule has 0 fully saturated rings. The Hall–Kier alpha value is -2.17. The molecule has 1 aliphatic heterocycles. The fourth-order valence-corrected chi connectivity index (χ4v) is 1.36. The minimum absolute atomic E-state index is 0.126. The summed E-state index contributed by atoms with van der Waals surface area (Å²) in [6.45, 7) is 0.193. The third-order valence-electron chi connectivity index (χ3n) is 2.13. The molecule has 0 unspecified atom stereocenters. The predicted molar refractivity (Wildman–Crippen MR) is 55.2 cm³/mol. The second kappa shape index (κ2) is 4.14. The fraction of sp³-hybridized carbons (Fsp3) is 0.182. The summed E-state index contributed by atoms with van der Waals surface area (Å²) < 4.78 is 15.0. The average molecular weight is 222 g/mol. The zero-order chi connectivity index (χ0) is 11.5. The monoisotopic (exact) mass is 222 g/mol. The van der Waals surface area contributed by atoms with Crippen LogP contribution >= 0.6 is 0 Å². The van der Waals surface area contributed by atoms with Crippen molar-refractivity contribution < 1.29 is 24.1 Å². The Labute approximate surface area is 91.9 Å². The van der Waals surface area contributed by atoms with Crippen LogP contribution in [-0.2, 0) is 9.53 Å². The van der Waals surface area contributed by atoms with Crippen LogP contribution in [0.25, 0.3) is 6.08 Å². The zero-order valence-corrected chi connectivity index (χ0v) is 8.60. The van der Waals surface area contributed by atoms with Crippen LogP contribution in [0.1, 0.15) is 5.56 Å². The highest BCUT2D eigenvalue weighted by Gasteiger charge is 2.13. The summed E-state index contributed by atoms with van der Waals surface area (Å²) >= 11 is 0. The molecule has 0 atom stereocenters. The molecular weight excluding hydrogens is 212 g/mol. The van der Waals surface area contributed by atoms with Crippen molar-refractivity contribution >= 4 is 12.0 Å². The first-order valence-corrected chi connectivity index (χ1v) is 4.59. The van der Waals surface area contributed by atoms with Gasteiger partial charge in [0.05, 0.1) is 7.11 Å². The van der Waals surface area contributed by atoms with Crippen LogP contribution in [0.15, 0.2) is 24.0 Å². The zero-order valence-electron chi connectivity index (χ0n) is 8.60. The smallest absolute Gasteiger partial charge is 0.371 e. The molecule has 0 aromatic heterocycles. The number of fused-ring (bicyclic) bond motifs is 1. The van der Waals surface area contributed by atoms with E-state index >= 15 is 0 Å². The lowest BCUT2D eigenvalue weighted by molar-refractivity contribution is -0.135. The second-order valence-corrected chi connectivity index (χ2v) is 3.13. The van der Waals surface area contributed by atoms with Crippen molar-refractivity contribution in [3.05, 3.63) is 29.5 Å². The van der Waals surface area contributed by atoms with Crippen molar-refractivity contribution in [1.29, 1.82) is 0 Å². The summed E-state index contributed by atoms with van der Waals surface area (Å²) in [4.78, 5) is 10.7. The van der Waals surface area contributed by atoms with Gasteiger partial charge in [0.2, 0.25) is 12.6 Å². The van der Waals surface area contributed by atoms with Crippen LogP contribution in [0.5, 0.6) is 11.5 Å². The maximum atomic E-state index is 10.7. The lowest BCUT2D eigenvalue weighted by Gasteiger charge is -2.01. The molecule has 5 nitrogen and oxygen atoms in total. The number of carbonyl (C=O) groups is 1. The van der Waals surface area contributed by atoms with Crippen molar-refractivity contribution in [2.45, 2.75) is 0 Å². The predicted octanol–water partition coefficient (Wildman–Crippen LogP) is 1.49. The van der Waals surface area contributed by atoms with E-state index in [1.54, 1.807) is 18.2 Å². The first kappa shape index (κ1) is 10.4. The molecule has 1 N–H and O–H groups in total. The van der Waals surface area contributed by atoms with Crippen LogP contribution in [0.3, 0.4) is 0 Å². The third kappa shape index (κ3) is 1.93. The van der Waals surface area contributed by atoms with Gasteiger partial charge in [-0.1, -0.05) is 6.07 Å². The van der Waals surface area contributed by atoms with E-state index in [4.69, 9.17) is 19.3 Å². The van der Waals surface area contributed by atoms with Gasteiger partial charge in [-0.25, -0.2) is 4.79 Å². The molecule has 1 aliphatic rings. The number of rotatable bonds is 3. The van der Waals surface area contributed by atoms with Gasteiger partial charge in [0.1, 0.15) is 0 Å². The van der Waals surface area contributed by atoms with Gasteiger partial charge in [0.25, 0.3) is 0 Å². The molecule has 1 aromatic carbocycles. The molecule has 0 bridgehead atoms. The van der Waals surface area contributed by atoms with E-state index in [-0.39, 0.29) is 12.6 Å². The molecule has 5 heteroatoms. The van der Waals surface area contributed by atoms with Gasteiger partial charge in [0, 0.05) is 0 Å². The summed E-state index contributed by atoms with van der Waals surface area (Å²) in [5.41, 5.74) is 0.684. The molecule has 0 spiro atoms. The highest BCUT2D eigenvalue weighted by atomic mass is 16.7. The van der Waals surface area contributed by atoms with Crippen molar-refractivity contribution in [1.82, 2.24) is 0 Å². The first-order valence-electron chi connectivity index (χ1n) is 4.59. The standard InChI is InChI=1S/C11H10O5/c1-14-10(11(12)13)5-7-2-3-8-9(4-7)16-6-15-8/h2-5H,6H2,1H3,(H,12,13). The van der Waals surface area contributed by atoms with Crippen molar-refractivity contribution in [3.8, 4) is 11.5 Å². The van der Waals surface area contributed by atoms with Gasteiger partial charge < -0.3 is 19.3 Å². The number of carboxylic acid groups (broad SMARTS) is 1. The summed E-state index contributed by atoms with van der Waals surface area (Å²) in [5, 5.41) is 8.78. The van der Waals surface area contributed by atoms with Gasteiger partial charge in [-0.15, -0.1) is 0 Å². The SMILES string of the molecule is COC(=Cc1ccc2c(c1)OCO2)C(=O)O. The maximum absolute atomic E-state index is 10.7. The number of hydrogen-bond donors (Lipinski definition) is 1. The number of hydrogen-bond acceptors (Lipinski definition) is 4. The highest BCUT2D eigenvalue weighted by Crippen LogP contribution is 2.33. The minimum Gasteiger partial charge on any atom is -0.490 e. The quantitative estimate of drug-likeness (QED) is 0.620. The van der Waals surface area contributed by atoms with Crippen molar-refractivity contribution in [2.24, 2.45) is 0 Å². The summed E-state index contributed by atoms with van der Waals surface area (Å²) in [6.07, 6.45) is 1.42. The molecule has 0 amide bonds. The average Bonchev–Trinajstić information content (AvgIpc) is 2.72.